The molecule has 1 N–H and O–H groups in total. The van der Waals surface area contributed by atoms with Gasteiger partial charge in [-0.05, 0) is 30.5 Å². The number of urea groups is 1. The van der Waals surface area contributed by atoms with Crippen LogP contribution < -0.4 is 5.32 Å². The van der Waals surface area contributed by atoms with Crippen LogP contribution in [-0.4, -0.2) is 71.9 Å². The van der Waals surface area contributed by atoms with Gasteiger partial charge >= 0.3 is 6.03 Å². The third-order valence-corrected chi connectivity index (χ3v) is 7.28. The van der Waals surface area contributed by atoms with E-state index in [4.69, 9.17) is 4.74 Å². The molecule has 2 aromatic carbocycles. The van der Waals surface area contributed by atoms with Crippen molar-refractivity contribution in [2.24, 2.45) is 0 Å². The topological polar surface area (TPSA) is 82.2 Å². The van der Waals surface area contributed by atoms with Crippen molar-refractivity contribution in [2.45, 2.75) is 25.9 Å². The van der Waals surface area contributed by atoms with Crippen LogP contribution >= 0.6 is 0 Å². The number of aryl methyl sites for hydroxylation is 2. The van der Waals surface area contributed by atoms with E-state index in [1.807, 2.05) is 62.4 Å². The molecule has 0 radical (unpaired) electrons. The first-order valence-corrected chi connectivity index (χ1v) is 12.6. The van der Waals surface area contributed by atoms with Crippen molar-refractivity contribution >= 4 is 17.8 Å². The van der Waals surface area contributed by atoms with E-state index >= 15 is 0 Å². The van der Waals surface area contributed by atoms with Gasteiger partial charge in [-0.25, -0.2) is 4.79 Å². The first kappa shape index (κ1) is 24.8. The summed E-state index contributed by atoms with van der Waals surface area (Å²) in [5.74, 6) is -0.384. The third-order valence-electron chi connectivity index (χ3n) is 7.28. The van der Waals surface area contributed by atoms with Crippen LogP contribution in [0.2, 0.25) is 0 Å². The molecule has 2 atom stereocenters. The molecule has 192 valence electrons. The maximum atomic E-state index is 14.2. The molecule has 8 heteroatoms. The summed E-state index contributed by atoms with van der Waals surface area (Å²) in [7, 11) is 0. The Balaban J connectivity index is 1.58. The number of morpholine rings is 1. The fourth-order valence-corrected chi connectivity index (χ4v) is 5.47. The van der Waals surface area contributed by atoms with Crippen LogP contribution in [0, 0.1) is 13.8 Å². The van der Waals surface area contributed by atoms with Crippen LogP contribution in [0.15, 0.2) is 72.5 Å². The number of carbonyl (C=O) groups is 3. The van der Waals surface area contributed by atoms with E-state index in [2.05, 4.69) is 11.9 Å². The third kappa shape index (κ3) is 4.53. The number of hydrogen-bond donors (Lipinski definition) is 1. The second kappa shape index (κ2) is 10.2. The van der Waals surface area contributed by atoms with Gasteiger partial charge in [0.25, 0.3) is 5.91 Å². The summed E-state index contributed by atoms with van der Waals surface area (Å²) in [6.07, 6.45) is 1.64. The summed E-state index contributed by atoms with van der Waals surface area (Å²) in [6.45, 7) is 10.1. The Morgan fingerprint density at radius 2 is 1.86 bits per heavy atom. The van der Waals surface area contributed by atoms with Crippen molar-refractivity contribution in [2.75, 3.05) is 39.4 Å². The normalized spacial score (nSPS) is 20.6. The van der Waals surface area contributed by atoms with Gasteiger partial charge < -0.3 is 19.9 Å². The minimum Gasteiger partial charge on any atom is -0.378 e. The average molecular weight is 501 g/mol. The first-order valence-electron chi connectivity index (χ1n) is 12.6. The lowest BCUT2D eigenvalue weighted by molar-refractivity contribution is -0.146. The zero-order valence-corrected chi connectivity index (χ0v) is 21.3. The predicted molar refractivity (Wildman–Crippen MR) is 139 cm³/mol. The molecule has 0 spiro atoms. The summed E-state index contributed by atoms with van der Waals surface area (Å²) in [5.41, 5.74) is 4.83. The maximum Gasteiger partial charge on any atom is 0.322 e. The molecule has 2 unspecified atom stereocenters. The maximum absolute atomic E-state index is 14.2. The van der Waals surface area contributed by atoms with Crippen molar-refractivity contribution in [1.29, 1.82) is 0 Å². The van der Waals surface area contributed by atoms with E-state index in [0.717, 1.165) is 22.3 Å². The van der Waals surface area contributed by atoms with Crippen molar-refractivity contribution < 1.29 is 19.1 Å². The van der Waals surface area contributed by atoms with E-state index in [0.29, 0.717) is 37.6 Å². The quantitative estimate of drug-likeness (QED) is 0.618. The molecule has 1 fully saturated rings. The molecule has 5 rings (SSSR count). The van der Waals surface area contributed by atoms with Gasteiger partial charge in [0.05, 0.1) is 37.1 Å². The molecule has 3 aliphatic heterocycles. The number of hydrogen-bond acceptors (Lipinski definition) is 4. The summed E-state index contributed by atoms with van der Waals surface area (Å²) in [5, 5.41) is 3.04. The second-order valence-electron chi connectivity index (χ2n) is 9.69. The summed E-state index contributed by atoms with van der Waals surface area (Å²) < 4.78 is 5.45. The monoisotopic (exact) mass is 500 g/mol. The van der Waals surface area contributed by atoms with Gasteiger partial charge in [0, 0.05) is 19.6 Å². The molecule has 4 amide bonds. The molecule has 3 heterocycles. The van der Waals surface area contributed by atoms with E-state index in [1.54, 1.807) is 20.8 Å². The molecular formula is C29H32N4O4. The van der Waals surface area contributed by atoms with Gasteiger partial charge in [0.15, 0.2) is 0 Å². The highest BCUT2D eigenvalue weighted by Crippen LogP contribution is 2.41. The number of ether oxygens (including phenoxy) is 1. The highest BCUT2D eigenvalue weighted by molar-refractivity contribution is 6.04. The minimum absolute atomic E-state index is 0.139. The van der Waals surface area contributed by atoms with E-state index in [-0.39, 0.29) is 30.9 Å². The Hall–Kier alpha value is -3.91. The smallest absolute Gasteiger partial charge is 0.322 e. The van der Waals surface area contributed by atoms with Gasteiger partial charge in [-0.3, -0.25) is 14.5 Å². The van der Waals surface area contributed by atoms with Gasteiger partial charge in [-0.1, -0.05) is 60.2 Å². The summed E-state index contributed by atoms with van der Waals surface area (Å²) in [6, 6.07) is 13.7. The summed E-state index contributed by atoms with van der Waals surface area (Å²) in [4.78, 5) is 46.3. The highest BCUT2D eigenvalue weighted by atomic mass is 16.5. The van der Waals surface area contributed by atoms with E-state index < -0.39 is 12.1 Å². The molecule has 2 aromatic rings. The van der Waals surface area contributed by atoms with Crippen LogP contribution in [0.1, 0.15) is 34.3 Å². The molecule has 0 aliphatic carbocycles. The number of nitrogens with one attached hydrogen (secondary N) is 1. The molecule has 0 aromatic heterocycles. The highest BCUT2D eigenvalue weighted by Gasteiger charge is 2.48. The number of carbonyl (C=O) groups excluding carboxylic acids is 3. The molecule has 37 heavy (non-hydrogen) atoms. The SMILES string of the molecule is C=CCN1C(=O)NC(c2ccc(C)cc2C)C2=C1CN(C(C(=O)N1CCOCC1)c1ccccc1)C2=O. The van der Waals surface area contributed by atoms with Crippen molar-refractivity contribution in [3.05, 3.63) is 94.7 Å². The summed E-state index contributed by atoms with van der Waals surface area (Å²) >= 11 is 0. The first-order chi connectivity index (χ1) is 17.9. The number of rotatable bonds is 6. The lowest BCUT2D eigenvalue weighted by Gasteiger charge is -2.35. The Kier molecular flexibility index (Phi) is 6.84. The lowest BCUT2D eigenvalue weighted by Crippen LogP contribution is -2.48. The van der Waals surface area contributed by atoms with E-state index in [9.17, 15) is 14.4 Å². The van der Waals surface area contributed by atoms with Gasteiger partial charge in [-0.2, -0.15) is 0 Å². The van der Waals surface area contributed by atoms with Crippen molar-refractivity contribution in [3.63, 3.8) is 0 Å². The predicted octanol–water partition coefficient (Wildman–Crippen LogP) is 3.25. The molecule has 0 saturated carbocycles. The second-order valence-corrected chi connectivity index (χ2v) is 9.69. The van der Waals surface area contributed by atoms with Crippen LogP contribution in [0.5, 0.6) is 0 Å². The molecule has 8 nitrogen and oxygen atoms in total. The number of nitrogens with zero attached hydrogens (tertiary/aromatic N) is 3. The largest absolute Gasteiger partial charge is 0.378 e. The Bertz CT molecular complexity index is 1270. The molecular weight excluding hydrogens is 468 g/mol. The number of benzene rings is 2. The average Bonchev–Trinajstić information content (AvgIpc) is 3.23. The van der Waals surface area contributed by atoms with Crippen LogP contribution in [0.25, 0.3) is 0 Å². The van der Waals surface area contributed by atoms with Gasteiger partial charge in [-0.15, -0.1) is 6.58 Å². The zero-order chi connectivity index (χ0) is 26.1. The fraction of sp³-hybridized carbons (Fsp3) is 0.345. The zero-order valence-electron chi connectivity index (χ0n) is 21.3. The van der Waals surface area contributed by atoms with Crippen molar-refractivity contribution in [1.82, 2.24) is 20.0 Å². The minimum atomic E-state index is -0.808. The standard InChI is InChI=1S/C29H32N4O4/c1-4-12-32-23-18-33(26(21-8-6-5-7-9-21)28(35)31-13-15-37-16-14-31)27(34)24(23)25(30-29(32)36)22-11-10-19(2)17-20(22)3/h4-11,17,25-26H,1,12-16,18H2,2-3H3,(H,30,36). The Morgan fingerprint density at radius 1 is 1.14 bits per heavy atom. The number of amides is 4. The van der Waals surface area contributed by atoms with Crippen LogP contribution in [0.3, 0.4) is 0 Å². The molecule has 1 saturated heterocycles. The van der Waals surface area contributed by atoms with Crippen LogP contribution in [-0.2, 0) is 14.3 Å². The van der Waals surface area contributed by atoms with Gasteiger partial charge in [0.1, 0.15) is 6.04 Å². The molecule has 3 aliphatic rings. The van der Waals surface area contributed by atoms with Crippen LogP contribution in [0.4, 0.5) is 4.79 Å². The fourth-order valence-electron chi connectivity index (χ4n) is 5.47. The van der Waals surface area contributed by atoms with E-state index in [1.165, 1.54) is 0 Å². The lowest BCUT2D eigenvalue weighted by atomic mass is 9.91. The Morgan fingerprint density at radius 3 is 2.54 bits per heavy atom. The Labute approximate surface area is 217 Å². The van der Waals surface area contributed by atoms with Gasteiger partial charge in [0.2, 0.25) is 5.91 Å². The molecule has 0 bridgehead atoms. The van der Waals surface area contributed by atoms with Crippen molar-refractivity contribution in [3.8, 4) is 0 Å².